The van der Waals surface area contributed by atoms with Crippen LogP contribution in [-0.2, 0) is 6.54 Å². The highest BCUT2D eigenvalue weighted by Gasteiger charge is 2.37. The van der Waals surface area contributed by atoms with Gasteiger partial charge in [0.2, 0.25) is 0 Å². The number of alkyl halides is 2. The van der Waals surface area contributed by atoms with Crippen LogP contribution in [0.5, 0.6) is 0 Å². The summed E-state index contributed by atoms with van der Waals surface area (Å²) in [7, 11) is 0. The summed E-state index contributed by atoms with van der Waals surface area (Å²) in [5.74, 6) is -2.40. The van der Waals surface area contributed by atoms with Crippen LogP contribution in [0.25, 0.3) is 55.8 Å². The van der Waals surface area contributed by atoms with Gasteiger partial charge in [0.05, 0.1) is 23.3 Å². The Morgan fingerprint density at radius 2 is 1.85 bits per heavy atom. The third-order valence-corrected chi connectivity index (χ3v) is 7.29. The number of rotatable bonds is 5. The first-order chi connectivity index (χ1) is 19.3. The zero-order valence-electron chi connectivity index (χ0n) is 21.5. The summed E-state index contributed by atoms with van der Waals surface area (Å²) < 4.78 is 41.5. The smallest absolute Gasteiger partial charge is 0.261 e. The van der Waals surface area contributed by atoms with Gasteiger partial charge in [-0.1, -0.05) is 6.07 Å². The summed E-state index contributed by atoms with van der Waals surface area (Å²) in [4.78, 5) is 18.8. The summed E-state index contributed by atoms with van der Waals surface area (Å²) in [6.45, 7) is 2.41. The van der Waals surface area contributed by atoms with Crippen molar-refractivity contribution in [2.24, 2.45) is 0 Å². The summed E-state index contributed by atoms with van der Waals surface area (Å²) in [6, 6.07) is 14.6. The molecule has 0 unspecified atom stereocenters. The van der Waals surface area contributed by atoms with Gasteiger partial charge in [-0.2, -0.15) is 5.10 Å². The number of halogens is 3. The highest BCUT2D eigenvalue weighted by molar-refractivity contribution is 5.97. The number of nitrogens with one attached hydrogen (secondary N) is 2. The Balaban J connectivity index is 1.25. The van der Waals surface area contributed by atoms with Gasteiger partial charge in [-0.3, -0.25) is 20.0 Å². The number of aryl methyl sites for hydroxylation is 1. The molecule has 0 spiro atoms. The fraction of sp³-hybridized carbons (Fsp3) is 0.200. The maximum absolute atomic E-state index is 14.1. The Morgan fingerprint density at radius 3 is 2.67 bits per heavy atom. The summed E-state index contributed by atoms with van der Waals surface area (Å²) >= 11 is 0. The van der Waals surface area contributed by atoms with Gasteiger partial charge in [0.15, 0.2) is 5.82 Å². The van der Waals surface area contributed by atoms with Crippen LogP contribution >= 0.6 is 0 Å². The van der Waals surface area contributed by atoms with Crippen LogP contribution < -0.4 is 0 Å². The van der Waals surface area contributed by atoms with Gasteiger partial charge in [-0.05, 0) is 66.1 Å². The molecule has 0 aliphatic carbocycles. The number of aromatic nitrogens is 6. The van der Waals surface area contributed by atoms with Gasteiger partial charge in [0, 0.05) is 54.6 Å². The van der Waals surface area contributed by atoms with Crippen LogP contribution in [0.3, 0.4) is 0 Å². The van der Waals surface area contributed by atoms with E-state index in [0.717, 1.165) is 38.7 Å². The zero-order chi connectivity index (χ0) is 27.4. The second-order valence-electron chi connectivity index (χ2n) is 10.4. The van der Waals surface area contributed by atoms with E-state index in [1.807, 2.05) is 43.3 Å². The molecule has 2 aromatic carbocycles. The first-order valence-electron chi connectivity index (χ1n) is 13.0. The number of benzene rings is 2. The molecule has 1 saturated heterocycles. The second-order valence-corrected chi connectivity index (χ2v) is 10.4. The number of nitrogens with zero attached hydrogens (tertiary/aromatic N) is 5. The van der Waals surface area contributed by atoms with Crippen LogP contribution in [0.1, 0.15) is 17.5 Å². The number of hydrogen-bond donors (Lipinski definition) is 2. The third-order valence-electron chi connectivity index (χ3n) is 7.29. The molecule has 4 aromatic heterocycles. The lowest BCUT2D eigenvalue weighted by molar-refractivity contribution is 0.0115. The molecule has 6 aromatic rings. The maximum Gasteiger partial charge on any atom is 0.261 e. The first kappa shape index (κ1) is 24.5. The van der Waals surface area contributed by atoms with Crippen molar-refractivity contribution in [2.45, 2.75) is 25.8 Å². The van der Waals surface area contributed by atoms with E-state index < -0.39 is 5.92 Å². The molecule has 0 amide bonds. The predicted octanol–water partition coefficient (Wildman–Crippen LogP) is 6.52. The lowest BCUT2D eigenvalue weighted by Crippen LogP contribution is -2.24. The normalized spacial score (nSPS) is 15.4. The van der Waals surface area contributed by atoms with Crippen molar-refractivity contribution in [1.29, 1.82) is 0 Å². The van der Waals surface area contributed by atoms with Gasteiger partial charge >= 0.3 is 0 Å². The summed E-state index contributed by atoms with van der Waals surface area (Å²) in [5.41, 5.74) is 7.58. The highest BCUT2D eigenvalue weighted by Crippen LogP contribution is 2.33. The minimum absolute atomic E-state index is 0.110. The number of hydrogen-bond acceptors (Lipinski definition) is 5. The van der Waals surface area contributed by atoms with Crippen molar-refractivity contribution in [1.82, 2.24) is 35.0 Å². The van der Waals surface area contributed by atoms with E-state index in [4.69, 9.17) is 4.98 Å². The SMILES string of the molecule is Cc1cc(F)cc(-c2nccc3[nH]c(-c4n[nH]c5ccc(-c6cncc(CN7CCC(F)(F)C7)c6)cc45)nc23)c1. The van der Waals surface area contributed by atoms with Crippen LogP contribution in [0.15, 0.2) is 67.1 Å². The van der Waals surface area contributed by atoms with Crippen molar-refractivity contribution in [3.8, 4) is 33.9 Å². The number of likely N-dealkylation sites (tertiary alicyclic amines) is 1. The van der Waals surface area contributed by atoms with Crippen molar-refractivity contribution < 1.29 is 13.2 Å². The van der Waals surface area contributed by atoms with Gasteiger partial charge in [-0.25, -0.2) is 18.2 Å². The van der Waals surface area contributed by atoms with Crippen molar-refractivity contribution in [2.75, 3.05) is 13.1 Å². The van der Waals surface area contributed by atoms with Crippen LogP contribution in [0.2, 0.25) is 0 Å². The van der Waals surface area contributed by atoms with E-state index in [0.29, 0.717) is 41.4 Å². The van der Waals surface area contributed by atoms with E-state index in [-0.39, 0.29) is 18.8 Å². The molecule has 200 valence electrons. The molecule has 1 aliphatic heterocycles. The summed E-state index contributed by atoms with van der Waals surface area (Å²) in [5, 5.41) is 8.46. The molecule has 7 nitrogen and oxygen atoms in total. The molecule has 10 heteroatoms. The van der Waals surface area contributed by atoms with E-state index >= 15 is 0 Å². The quantitative estimate of drug-likeness (QED) is 0.261. The Hall–Kier alpha value is -4.57. The van der Waals surface area contributed by atoms with Crippen molar-refractivity contribution in [3.63, 3.8) is 0 Å². The highest BCUT2D eigenvalue weighted by atomic mass is 19.3. The molecule has 2 N–H and O–H groups in total. The van der Waals surface area contributed by atoms with Crippen molar-refractivity contribution >= 4 is 21.9 Å². The molecule has 40 heavy (non-hydrogen) atoms. The number of pyridine rings is 2. The van der Waals surface area contributed by atoms with Crippen molar-refractivity contribution in [3.05, 3.63) is 84.1 Å². The van der Waals surface area contributed by atoms with E-state index in [1.165, 1.54) is 12.1 Å². The van der Waals surface area contributed by atoms with Gasteiger partial charge in [-0.15, -0.1) is 0 Å². The molecular weight excluding hydrogens is 515 g/mol. The fourth-order valence-corrected chi connectivity index (χ4v) is 5.44. The minimum Gasteiger partial charge on any atom is -0.336 e. The minimum atomic E-state index is -2.63. The predicted molar refractivity (Wildman–Crippen MR) is 147 cm³/mol. The molecule has 7 rings (SSSR count). The lowest BCUT2D eigenvalue weighted by atomic mass is 10.0. The Morgan fingerprint density at radius 1 is 0.950 bits per heavy atom. The lowest BCUT2D eigenvalue weighted by Gasteiger charge is -2.15. The molecule has 5 heterocycles. The Bertz CT molecular complexity index is 1870. The fourth-order valence-electron chi connectivity index (χ4n) is 5.44. The number of aromatic amines is 2. The van der Waals surface area contributed by atoms with Gasteiger partial charge in [0.25, 0.3) is 5.92 Å². The molecule has 0 saturated carbocycles. The monoisotopic (exact) mass is 539 g/mol. The average Bonchev–Trinajstić information content (AvgIpc) is 3.63. The third kappa shape index (κ3) is 4.50. The molecule has 1 aliphatic rings. The van der Waals surface area contributed by atoms with E-state index in [1.54, 1.807) is 23.5 Å². The Labute approximate surface area is 227 Å². The zero-order valence-corrected chi connectivity index (χ0v) is 21.5. The number of fused-ring (bicyclic) bond motifs is 2. The largest absolute Gasteiger partial charge is 0.336 e. The second kappa shape index (κ2) is 9.27. The molecule has 0 radical (unpaired) electrons. The van der Waals surface area contributed by atoms with Gasteiger partial charge in [0.1, 0.15) is 17.0 Å². The van der Waals surface area contributed by atoms with Gasteiger partial charge < -0.3 is 4.98 Å². The van der Waals surface area contributed by atoms with Crippen LogP contribution in [-0.4, -0.2) is 54.0 Å². The maximum atomic E-state index is 14.1. The standard InChI is InChI=1S/C30H24F3N7/c1-17-8-20(11-22(31)9-17)26-28-25(4-6-35-26)36-29(37-28)27-23-12-19(2-3-24(23)38-39-27)21-10-18(13-34-14-21)15-40-7-5-30(32,33)16-40/h2-4,6,8-14H,5,7,15-16H2,1H3,(H,36,37)(H,38,39). The van der Waals surface area contributed by atoms with E-state index in [2.05, 4.69) is 25.1 Å². The van der Waals surface area contributed by atoms with E-state index in [9.17, 15) is 13.2 Å². The van der Waals surface area contributed by atoms with Crippen LogP contribution in [0.4, 0.5) is 13.2 Å². The number of H-pyrrole nitrogens is 2. The molecule has 0 bridgehead atoms. The number of imidazole rings is 1. The molecular formula is C30H24F3N7. The average molecular weight is 540 g/mol. The molecule has 1 fully saturated rings. The van der Waals surface area contributed by atoms with Crippen LogP contribution in [0, 0.1) is 12.7 Å². The topological polar surface area (TPSA) is 86.4 Å². The molecule has 0 atom stereocenters. The Kier molecular flexibility index (Phi) is 5.67. The summed E-state index contributed by atoms with van der Waals surface area (Å²) in [6.07, 6.45) is 5.05. The first-order valence-corrected chi connectivity index (χ1v) is 13.0.